The number of likely N-dealkylation sites (tertiary alicyclic amines) is 1. The first-order valence-corrected chi connectivity index (χ1v) is 8.92. The van der Waals surface area contributed by atoms with Crippen molar-refractivity contribution >= 4 is 0 Å². The number of nitrogens with two attached hydrogens (primary N) is 1. The largest absolute Gasteiger partial charge is 0.378 e. The summed E-state index contributed by atoms with van der Waals surface area (Å²) in [6, 6.07) is 0.718. The number of nitrogens with zero attached hydrogens (tertiary/aromatic N) is 2. The zero-order valence-electron chi connectivity index (χ0n) is 14.3. The van der Waals surface area contributed by atoms with Crippen molar-refractivity contribution in [2.75, 3.05) is 39.8 Å². The van der Waals surface area contributed by atoms with Crippen molar-refractivity contribution in [3.05, 3.63) is 0 Å². The second-order valence-electron chi connectivity index (χ2n) is 6.97. The molecule has 2 rings (SSSR count). The van der Waals surface area contributed by atoms with Gasteiger partial charge in [0, 0.05) is 31.3 Å². The van der Waals surface area contributed by atoms with Gasteiger partial charge in [0.1, 0.15) is 0 Å². The van der Waals surface area contributed by atoms with Crippen molar-refractivity contribution in [3.8, 4) is 0 Å². The summed E-state index contributed by atoms with van der Waals surface area (Å²) in [6.45, 7) is 9.75. The zero-order valence-corrected chi connectivity index (χ0v) is 14.3. The molecule has 0 saturated carbocycles. The summed E-state index contributed by atoms with van der Waals surface area (Å²) >= 11 is 0. The number of hydrogen-bond donors (Lipinski definition) is 1. The van der Waals surface area contributed by atoms with Crippen molar-refractivity contribution in [1.82, 2.24) is 9.80 Å². The van der Waals surface area contributed by atoms with E-state index >= 15 is 0 Å². The summed E-state index contributed by atoms with van der Waals surface area (Å²) < 4.78 is 5.95. The van der Waals surface area contributed by atoms with Crippen molar-refractivity contribution in [2.24, 2.45) is 5.73 Å². The van der Waals surface area contributed by atoms with Crippen LogP contribution in [0.5, 0.6) is 0 Å². The first kappa shape index (κ1) is 17.2. The minimum Gasteiger partial charge on any atom is -0.378 e. The van der Waals surface area contributed by atoms with E-state index in [4.69, 9.17) is 10.5 Å². The van der Waals surface area contributed by atoms with Crippen molar-refractivity contribution < 1.29 is 4.74 Å². The van der Waals surface area contributed by atoms with Gasteiger partial charge >= 0.3 is 0 Å². The fourth-order valence-corrected chi connectivity index (χ4v) is 4.22. The normalized spacial score (nSPS) is 34.7. The second-order valence-corrected chi connectivity index (χ2v) is 6.97. The Bertz CT molecular complexity index is 310. The Hall–Kier alpha value is -0.160. The van der Waals surface area contributed by atoms with Crippen LogP contribution in [0.4, 0.5) is 0 Å². The van der Waals surface area contributed by atoms with E-state index in [0.29, 0.717) is 6.10 Å². The van der Waals surface area contributed by atoms with E-state index in [0.717, 1.165) is 38.6 Å². The minimum atomic E-state index is 0.153. The standard InChI is InChI=1S/C17H35N3O/c1-4-7-16-12-17(14-18,9-11-21-16)19(3)13-15-8-6-10-20(15)5-2/h15-16H,4-14,18H2,1-3H3. The lowest BCUT2D eigenvalue weighted by Gasteiger charge is -2.48. The topological polar surface area (TPSA) is 41.7 Å². The summed E-state index contributed by atoms with van der Waals surface area (Å²) in [4.78, 5) is 5.19. The Morgan fingerprint density at radius 1 is 1.38 bits per heavy atom. The molecule has 4 heteroatoms. The summed E-state index contributed by atoms with van der Waals surface area (Å²) in [7, 11) is 2.29. The van der Waals surface area contributed by atoms with E-state index in [9.17, 15) is 0 Å². The Morgan fingerprint density at radius 3 is 2.86 bits per heavy atom. The molecule has 2 aliphatic heterocycles. The lowest BCUT2D eigenvalue weighted by Crippen LogP contribution is -2.59. The van der Waals surface area contributed by atoms with Crippen LogP contribution in [0.15, 0.2) is 0 Å². The fourth-order valence-electron chi connectivity index (χ4n) is 4.22. The highest BCUT2D eigenvalue weighted by Crippen LogP contribution is 2.32. The van der Waals surface area contributed by atoms with E-state index in [2.05, 4.69) is 30.7 Å². The molecule has 2 N–H and O–H groups in total. The van der Waals surface area contributed by atoms with E-state index in [-0.39, 0.29) is 5.54 Å². The highest BCUT2D eigenvalue weighted by Gasteiger charge is 2.40. The molecular weight excluding hydrogens is 262 g/mol. The highest BCUT2D eigenvalue weighted by molar-refractivity contribution is 4.97. The molecule has 3 atom stereocenters. The molecule has 2 saturated heterocycles. The lowest BCUT2D eigenvalue weighted by atomic mass is 9.83. The molecular formula is C17H35N3O. The van der Waals surface area contributed by atoms with Gasteiger partial charge in [-0.2, -0.15) is 0 Å². The zero-order chi connectivity index (χ0) is 15.3. The molecule has 0 aromatic rings. The van der Waals surface area contributed by atoms with Crippen LogP contribution < -0.4 is 5.73 Å². The van der Waals surface area contributed by atoms with Gasteiger partial charge in [-0.3, -0.25) is 9.80 Å². The first-order valence-electron chi connectivity index (χ1n) is 8.92. The molecule has 0 aromatic carbocycles. The van der Waals surface area contributed by atoms with Crippen LogP contribution in [0.3, 0.4) is 0 Å². The molecule has 0 spiro atoms. The molecule has 2 fully saturated rings. The molecule has 2 aliphatic rings. The maximum Gasteiger partial charge on any atom is 0.0593 e. The van der Waals surface area contributed by atoms with Gasteiger partial charge in [-0.25, -0.2) is 0 Å². The van der Waals surface area contributed by atoms with Gasteiger partial charge in [-0.05, 0) is 52.2 Å². The van der Waals surface area contributed by atoms with E-state index in [1.807, 2.05) is 0 Å². The monoisotopic (exact) mass is 297 g/mol. The third-order valence-corrected chi connectivity index (χ3v) is 5.72. The van der Waals surface area contributed by atoms with E-state index in [1.165, 1.54) is 38.8 Å². The maximum atomic E-state index is 6.23. The van der Waals surface area contributed by atoms with Gasteiger partial charge in [0.25, 0.3) is 0 Å². The molecule has 0 bridgehead atoms. The van der Waals surface area contributed by atoms with Gasteiger partial charge in [0.05, 0.1) is 6.10 Å². The van der Waals surface area contributed by atoms with Crippen molar-refractivity contribution in [2.45, 2.75) is 70.1 Å². The third kappa shape index (κ3) is 3.98. The number of hydrogen-bond acceptors (Lipinski definition) is 4. The van der Waals surface area contributed by atoms with Crippen LogP contribution in [-0.4, -0.2) is 67.3 Å². The quantitative estimate of drug-likeness (QED) is 0.781. The van der Waals surface area contributed by atoms with Crippen molar-refractivity contribution in [3.63, 3.8) is 0 Å². The average Bonchev–Trinajstić information content (AvgIpc) is 2.95. The van der Waals surface area contributed by atoms with Crippen LogP contribution in [0, 0.1) is 0 Å². The summed E-state index contributed by atoms with van der Waals surface area (Å²) in [6.07, 6.45) is 7.64. The molecule has 0 aromatic heterocycles. The maximum absolute atomic E-state index is 6.23. The van der Waals surface area contributed by atoms with Crippen LogP contribution in [0.25, 0.3) is 0 Å². The molecule has 0 aliphatic carbocycles. The summed E-state index contributed by atoms with van der Waals surface area (Å²) in [5.74, 6) is 0. The SMILES string of the molecule is CCCC1CC(CN)(N(C)CC2CCCN2CC)CCO1. The number of ether oxygens (including phenoxy) is 1. The lowest BCUT2D eigenvalue weighted by molar-refractivity contribution is -0.0706. The number of rotatable bonds is 7. The number of likely N-dealkylation sites (N-methyl/N-ethyl adjacent to an activating group) is 2. The molecule has 124 valence electrons. The Kier molecular flexibility index (Phi) is 6.48. The van der Waals surface area contributed by atoms with Gasteiger partial charge in [0.15, 0.2) is 0 Å². The Labute approximate surface area is 131 Å². The molecule has 21 heavy (non-hydrogen) atoms. The molecule has 3 unspecified atom stereocenters. The molecule has 0 radical (unpaired) electrons. The van der Waals surface area contributed by atoms with Gasteiger partial charge < -0.3 is 10.5 Å². The first-order chi connectivity index (χ1) is 10.1. The molecule has 2 heterocycles. The predicted octanol–water partition coefficient (Wildman–Crippen LogP) is 2.08. The Balaban J connectivity index is 1.98. The minimum absolute atomic E-state index is 0.153. The third-order valence-electron chi connectivity index (χ3n) is 5.72. The van der Waals surface area contributed by atoms with Gasteiger partial charge in [-0.1, -0.05) is 20.3 Å². The Morgan fingerprint density at radius 2 is 2.19 bits per heavy atom. The van der Waals surface area contributed by atoms with Crippen LogP contribution in [0.1, 0.15) is 52.4 Å². The highest BCUT2D eigenvalue weighted by atomic mass is 16.5. The molecule has 4 nitrogen and oxygen atoms in total. The smallest absolute Gasteiger partial charge is 0.0593 e. The van der Waals surface area contributed by atoms with Crippen LogP contribution in [0.2, 0.25) is 0 Å². The van der Waals surface area contributed by atoms with Crippen LogP contribution >= 0.6 is 0 Å². The summed E-state index contributed by atoms with van der Waals surface area (Å²) in [5, 5.41) is 0. The summed E-state index contributed by atoms with van der Waals surface area (Å²) in [5.41, 5.74) is 6.38. The average molecular weight is 297 g/mol. The van der Waals surface area contributed by atoms with Crippen LogP contribution in [-0.2, 0) is 4.74 Å². The van der Waals surface area contributed by atoms with Gasteiger partial charge in [-0.15, -0.1) is 0 Å². The van der Waals surface area contributed by atoms with E-state index < -0.39 is 0 Å². The van der Waals surface area contributed by atoms with Crippen molar-refractivity contribution in [1.29, 1.82) is 0 Å². The van der Waals surface area contributed by atoms with E-state index in [1.54, 1.807) is 0 Å². The van der Waals surface area contributed by atoms with Gasteiger partial charge in [0.2, 0.25) is 0 Å². The fraction of sp³-hybridized carbons (Fsp3) is 1.00. The second kappa shape index (κ2) is 7.91. The molecule has 0 amide bonds. The predicted molar refractivity (Wildman–Crippen MR) is 88.6 cm³/mol.